The van der Waals surface area contributed by atoms with Crippen LogP contribution in [0.2, 0.25) is 0 Å². The third-order valence-corrected chi connectivity index (χ3v) is 3.09. The summed E-state index contributed by atoms with van der Waals surface area (Å²) in [6, 6.07) is 3.91. The van der Waals surface area contributed by atoms with Crippen molar-refractivity contribution in [2.24, 2.45) is 0 Å². The monoisotopic (exact) mass is 283 g/mol. The Hall–Kier alpha value is -1.07. The zero-order valence-electron chi connectivity index (χ0n) is 7.90. The zero-order chi connectivity index (χ0) is 10.7. The molecule has 5 heteroatoms. The van der Waals surface area contributed by atoms with Gasteiger partial charge in [-0.1, -0.05) is 0 Å². The van der Waals surface area contributed by atoms with Gasteiger partial charge in [0.1, 0.15) is 5.82 Å². The minimum absolute atomic E-state index is 0.652. The van der Waals surface area contributed by atoms with Gasteiger partial charge in [0.05, 0.1) is 5.69 Å². The van der Waals surface area contributed by atoms with Gasteiger partial charge in [-0.3, -0.25) is 0 Å². The third-order valence-electron chi connectivity index (χ3n) is 1.92. The summed E-state index contributed by atoms with van der Waals surface area (Å²) < 4.78 is 0.890. The number of anilines is 2. The normalized spacial score (nSPS) is 10.2. The van der Waals surface area contributed by atoms with Crippen LogP contribution in [0.15, 0.2) is 33.6 Å². The van der Waals surface area contributed by atoms with Crippen molar-refractivity contribution in [3.05, 3.63) is 39.1 Å². The number of nitrogens with one attached hydrogen (secondary N) is 1. The van der Waals surface area contributed by atoms with Crippen molar-refractivity contribution in [2.75, 3.05) is 11.1 Å². The average molecular weight is 284 g/mol. The highest BCUT2D eigenvalue weighted by Gasteiger charge is 2.01. The molecule has 2 aromatic heterocycles. The molecule has 0 bridgehead atoms. The van der Waals surface area contributed by atoms with Crippen molar-refractivity contribution in [3.8, 4) is 0 Å². The van der Waals surface area contributed by atoms with Crippen LogP contribution in [-0.2, 0) is 6.54 Å². The molecule has 0 radical (unpaired) electrons. The fourth-order valence-corrected chi connectivity index (χ4v) is 2.20. The van der Waals surface area contributed by atoms with Crippen molar-refractivity contribution >= 4 is 38.8 Å². The first-order valence-electron chi connectivity index (χ1n) is 4.41. The summed E-state index contributed by atoms with van der Waals surface area (Å²) >= 11 is 5.00. The van der Waals surface area contributed by atoms with E-state index in [1.54, 1.807) is 17.5 Å². The van der Waals surface area contributed by atoms with Crippen molar-refractivity contribution in [1.29, 1.82) is 0 Å². The molecule has 0 aliphatic heterocycles. The molecule has 0 aliphatic rings. The summed E-state index contributed by atoms with van der Waals surface area (Å²) in [5.41, 5.74) is 7.70. The van der Waals surface area contributed by atoms with E-state index in [9.17, 15) is 0 Å². The molecule has 0 aromatic carbocycles. The Morgan fingerprint density at radius 1 is 1.53 bits per heavy atom. The lowest BCUT2D eigenvalue weighted by Crippen LogP contribution is -2.03. The lowest BCUT2D eigenvalue weighted by atomic mass is 10.3. The summed E-state index contributed by atoms with van der Waals surface area (Å²) in [6.45, 7) is 0.752. The number of rotatable bonds is 3. The van der Waals surface area contributed by atoms with Gasteiger partial charge in [0.25, 0.3) is 0 Å². The molecule has 0 aliphatic carbocycles. The molecule has 78 valence electrons. The van der Waals surface area contributed by atoms with Crippen molar-refractivity contribution in [2.45, 2.75) is 6.54 Å². The molecule has 0 saturated carbocycles. The molecule has 2 rings (SSSR count). The van der Waals surface area contributed by atoms with Gasteiger partial charge in [0.15, 0.2) is 0 Å². The number of nitrogens with zero attached hydrogens (tertiary/aromatic N) is 1. The van der Waals surface area contributed by atoms with Crippen molar-refractivity contribution in [1.82, 2.24) is 4.98 Å². The van der Waals surface area contributed by atoms with Crippen LogP contribution >= 0.6 is 27.3 Å². The summed E-state index contributed by atoms with van der Waals surface area (Å²) in [4.78, 5) is 4.20. The van der Waals surface area contributed by atoms with Crippen LogP contribution in [0.3, 0.4) is 0 Å². The van der Waals surface area contributed by atoms with Gasteiger partial charge in [-0.15, -0.1) is 0 Å². The van der Waals surface area contributed by atoms with Gasteiger partial charge in [-0.25, -0.2) is 4.98 Å². The molecule has 0 fully saturated rings. The zero-order valence-corrected chi connectivity index (χ0v) is 10.3. The van der Waals surface area contributed by atoms with Crippen LogP contribution in [0, 0.1) is 0 Å². The average Bonchev–Trinajstić information content (AvgIpc) is 2.69. The van der Waals surface area contributed by atoms with Crippen molar-refractivity contribution < 1.29 is 0 Å². The van der Waals surface area contributed by atoms with Gasteiger partial charge in [-0.2, -0.15) is 11.3 Å². The van der Waals surface area contributed by atoms with E-state index in [0.717, 1.165) is 16.8 Å². The fourth-order valence-electron chi connectivity index (χ4n) is 1.18. The van der Waals surface area contributed by atoms with Crippen LogP contribution < -0.4 is 11.1 Å². The quantitative estimate of drug-likeness (QED) is 0.910. The van der Waals surface area contributed by atoms with Gasteiger partial charge in [-0.05, 0) is 44.4 Å². The standard InChI is InChI=1S/C10H10BrN3S/c11-8-3-9(12)10(14-5-8)13-4-7-1-2-15-6-7/h1-3,5-6H,4,12H2,(H,13,14). The van der Waals surface area contributed by atoms with Gasteiger partial charge >= 0.3 is 0 Å². The Morgan fingerprint density at radius 2 is 2.40 bits per heavy atom. The van der Waals surface area contributed by atoms with Crippen LogP contribution in [0.25, 0.3) is 0 Å². The van der Waals surface area contributed by atoms with E-state index < -0.39 is 0 Å². The molecule has 3 nitrogen and oxygen atoms in total. The Balaban J connectivity index is 2.05. The highest BCUT2D eigenvalue weighted by Crippen LogP contribution is 2.20. The molecular weight excluding hydrogens is 274 g/mol. The second kappa shape index (κ2) is 4.63. The van der Waals surface area contributed by atoms with Crippen molar-refractivity contribution in [3.63, 3.8) is 0 Å². The summed E-state index contributed by atoms with van der Waals surface area (Å²) in [7, 11) is 0. The largest absolute Gasteiger partial charge is 0.396 e. The summed E-state index contributed by atoms with van der Waals surface area (Å²) in [5.74, 6) is 0.726. The van der Waals surface area contributed by atoms with Crippen LogP contribution in [-0.4, -0.2) is 4.98 Å². The fraction of sp³-hybridized carbons (Fsp3) is 0.100. The molecule has 0 unspecified atom stereocenters. The number of thiophene rings is 1. The minimum Gasteiger partial charge on any atom is -0.396 e. The Kier molecular flexibility index (Phi) is 3.23. The maximum absolute atomic E-state index is 5.81. The number of hydrogen-bond donors (Lipinski definition) is 2. The molecule has 0 spiro atoms. The number of halogens is 1. The maximum atomic E-state index is 5.81. The molecule has 0 amide bonds. The summed E-state index contributed by atoms with van der Waals surface area (Å²) in [6.07, 6.45) is 1.73. The van der Waals surface area contributed by atoms with E-state index in [2.05, 4.69) is 43.1 Å². The van der Waals surface area contributed by atoms with E-state index in [-0.39, 0.29) is 0 Å². The highest BCUT2D eigenvalue weighted by atomic mass is 79.9. The maximum Gasteiger partial charge on any atom is 0.149 e. The molecule has 2 aromatic rings. The number of pyridine rings is 1. The Bertz CT molecular complexity index is 442. The number of nitrogen functional groups attached to an aromatic ring is 1. The van der Waals surface area contributed by atoms with Gasteiger partial charge in [0, 0.05) is 17.2 Å². The predicted molar refractivity (Wildman–Crippen MR) is 68.0 cm³/mol. The topological polar surface area (TPSA) is 50.9 Å². The summed E-state index contributed by atoms with van der Waals surface area (Å²) in [5, 5.41) is 7.34. The number of nitrogens with two attached hydrogens (primary N) is 1. The van der Waals surface area contributed by atoms with Crippen LogP contribution in [0.4, 0.5) is 11.5 Å². The first-order valence-corrected chi connectivity index (χ1v) is 6.15. The van der Waals surface area contributed by atoms with E-state index in [0.29, 0.717) is 5.69 Å². The lowest BCUT2D eigenvalue weighted by molar-refractivity contribution is 1.12. The third kappa shape index (κ3) is 2.70. The molecule has 3 N–H and O–H groups in total. The Labute approximate surface area is 100 Å². The van der Waals surface area contributed by atoms with E-state index in [1.807, 2.05) is 6.07 Å². The first kappa shape index (κ1) is 10.4. The highest BCUT2D eigenvalue weighted by molar-refractivity contribution is 9.10. The van der Waals surface area contributed by atoms with E-state index >= 15 is 0 Å². The van der Waals surface area contributed by atoms with Crippen LogP contribution in [0.5, 0.6) is 0 Å². The van der Waals surface area contributed by atoms with Crippen LogP contribution in [0.1, 0.15) is 5.56 Å². The lowest BCUT2D eigenvalue weighted by Gasteiger charge is -2.07. The molecular formula is C10H10BrN3S. The van der Waals surface area contributed by atoms with Gasteiger partial charge in [0.2, 0.25) is 0 Å². The molecule has 0 atom stereocenters. The second-order valence-electron chi connectivity index (χ2n) is 3.08. The van der Waals surface area contributed by atoms with E-state index in [1.165, 1.54) is 5.56 Å². The SMILES string of the molecule is Nc1cc(Br)cnc1NCc1ccsc1. The predicted octanol–water partition coefficient (Wildman–Crippen LogP) is 3.10. The molecule has 0 saturated heterocycles. The Morgan fingerprint density at radius 3 is 3.07 bits per heavy atom. The smallest absolute Gasteiger partial charge is 0.149 e. The first-order chi connectivity index (χ1) is 7.25. The van der Waals surface area contributed by atoms with Gasteiger partial charge < -0.3 is 11.1 Å². The number of hydrogen-bond acceptors (Lipinski definition) is 4. The van der Waals surface area contributed by atoms with E-state index in [4.69, 9.17) is 5.73 Å². The number of aromatic nitrogens is 1. The minimum atomic E-state index is 0.652. The molecule has 15 heavy (non-hydrogen) atoms. The molecule has 2 heterocycles. The second-order valence-corrected chi connectivity index (χ2v) is 4.77.